The van der Waals surface area contributed by atoms with Crippen LogP contribution in [0.4, 0.5) is 17.6 Å². The van der Waals surface area contributed by atoms with Gasteiger partial charge >= 0.3 is 12.1 Å². The Balaban J connectivity index is 1.99. The molecule has 0 spiro atoms. The number of halogens is 4. The van der Waals surface area contributed by atoms with E-state index in [-0.39, 0.29) is 55.5 Å². The van der Waals surface area contributed by atoms with Gasteiger partial charge in [0.1, 0.15) is 6.10 Å². The van der Waals surface area contributed by atoms with E-state index in [4.69, 9.17) is 4.74 Å². The number of unbranched alkanes of at least 4 members (excludes halogenated alkanes) is 1. The van der Waals surface area contributed by atoms with Gasteiger partial charge in [-0.3, -0.25) is 4.79 Å². The fourth-order valence-corrected chi connectivity index (χ4v) is 4.25. The number of hydrogen-bond acceptors (Lipinski definition) is 3. The molecule has 1 aliphatic heterocycles. The summed E-state index contributed by atoms with van der Waals surface area (Å²) in [5.41, 5.74) is -3.56. The van der Waals surface area contributed by atoms with Crippen molar-refractivity contribution in [3.8, 4) is 0 Å². The SMILES string of the molecule is CCCC[C@@](F)([C@H](O)CC[C@H]1[C@H]2CC(=O)O[C@H]2C[C@H]1C)C(F)(F)F. The van der Waals surface area contributed by atoms with E-state index in [9.17, 15) is 27.5 Å². The maximum atomic E-state index is 14.5. The molecule has 1 saturated carbocycles. The molecule has 1 heterocycles. The van der Waals surface area contributed by atoms with E-state index in [1.54, 1.807) is 6.92 Å². The molecule has 1 N–H and O–H groups in total. The molecule has 6 atom stereocenters. The Labute approximate surface area is 139 Å². The minimum absolute atomic E-state index is 0.0141. The van der Waals surface area contributed by atoms with Gasteiger partial charge in [-0.15, -0.1) is 0 Å². The zero-order chi connectivity index (χ0) is 18.1. The lowest BCUT2D eigenvalue weighted by Crippen LogP contribution is -2.51. The predicted octanol–water partition coefficient (Wildman–Crippen LogP) is 4.18. The molecule has 0 unspecified atom stereocenters. The monoisotopic (exact) mass is 354 g/mol. The number of carbonyl (C=O) groups excluding carboxylic acids is 1. The third-order valence-corrected chi connectivity index (χ3v) is 5.71. The minimum atomic E-state index is -5.09. The van der Waals surface area contributed by atoms with Crippen molar-refractivity contribution >= 4 is 5.97 Å². The van der Waals surface area contributed by atoms with Gasteiger partial charge in [-0.05, 0) is 37.5 Å². The molecule has 140 valence electrons. The molecule has 7 heteroatoms. The summed E-state index contributed by atoms with van der Waals surface area (Å²) in [6.45, 7) is 3.65. The molecule has 2 rings (SSSR count). The fourth-order valence-electron chi connectivity index (χ4n) is 4.25. The van der Waals surface area contributed by atoms with E-state index in [0.29, 0.717) is 12.8 Å². The molecular formula is C17H26F4O3. The van der Waals surface area contributed by atoms with Gasteiger partial charge in [0.15, 0.2) is 0 Å². The second-order valence-electron chi connectivity index (χ2n) is 7.33. The summed E-state index contributed by atoms with van der Waals surface area (Å²) in [6.07, 6.45) is -6.59. The summed E-state index contributed by atoms with van der Waals surface area (Å²) in [7, 11) is 0. The lowest BCUT2D eigenvalue weighted by Gasteiger charge is -2.33. The van der Waals surface area contributed by atoms with Crippen LogP contribution >= 0.6 is 0 Å². The zero-order valence-corrected chi connectivity index (χ0v) is 14.1. The Bertz CT molecular complexity index is 454. The first kappa shape index (κ1) is 19.5. The van der Waals surface area contributed by atoms with Crippen LogP contribution < -0.4 is 0 Å². The van der Waals surface area contributed by atoms with Gasteiger partial charge in [-0.1, -0.05) is 26.7 Å². The van der Waals surface area contributed by atoms with E-state index >= 15 is 0 Å². The van der Waals surface area contributed by atoms with Crippen molar-refractivity contribution < 1.29 is 32.2 Å². The molecular weight excluding hydrogens is 328 g/mol. The number of aliphatic hydroxyl groups excluding tert-OH is 1. The van der Waals surface area contributed by atoms with E-state index in [1.807, 2.05) is 6.92 Å². The van der Waals surface area contributed by atoms with Crippen LogP contribution in [0.2, 0.25) is 0 Å². The number of carbonyl (C=O) groups is 1. The van der Waals surface area contributed by atoms with Crippen LogP contribution in [0.1, 0.15) is 58.8 Å². The first-order valence-corrected chi connectivity index (χ1v) is 8.73. The van der Waals surface area contributed by atoms with Gasteiger partial charge in [-0.2, -0.15) is 13.2 Å². The second kappa shape index (κ2) is 7.18. The fraction of sp³-hybridized carbons (Fsp3) is 0.941. The van der Waals surface area contributed by atoms with Gasteiger partial charge in [0.25, 0.3) is 0 Å². The topological polar surface area (TPSA) is 46.5 Å². The van der Waals surface area contributed by atoms with Crippen LogP contribution in [0.15, 0.2) is 0 Å². The summed E-state index contributed by atoms with van der Waals surface area (Å²) in [5, 5.41) is 9.98. The van der Waals surface area contributed by atoms with Crippen LogP contribution in [-0.4, -0.2) is 35.1 Å². The molecule has 0 aromatic rings. The van der Waals surface area contributed by atoms with E-state index in [1.165, 1.54) is 0 Å². The van der Waals surface area contributed by atoms with Gasteiger partial charge in [0.2, 0.25) is 5.67 Å². The van der Waals surface area contributed by atoms with Crippen LogP contribution in [0, 0.1) is 17.8 Å². The quantitative estimate of drug-likeness (QED) is 0.551. The number of esters is 1. The normalized spacial score (nSPS) is 33.9. The molecule has 0 bridgehead atoms. The van der Waals surface area contributed by atoms with Crippen molar-refractivity contribution in [1.82, 2.24) is 0 Å². The molecule has 2 fully saturated rings. The Hall–Kier alpha value is -0.850. The smallest absolute Gasteiger partial charge is 0.425 e. The van der Waals surface area contributed by atoms with Crippen LogP contribution in [-0.2, 0) is 9.53 Å². The molecule has 3 nitrogen and oxygen atoms in total. The average Bonchev–Trinajstić information content (AvgIpc) is 2.96. The molecule has 2 aliphatic rings. The van der Waals surface area contributed by atoms with E-state index in [0.717, 1.165) is 0 Å². The number of hydrogen-bond donors (Lipinski definition) is 1. The lowest BCUT2D eigenvalue weighted by molar-refractivity contribution is -0.263. The molecule has 1 saturated heterocycles. The number of aliphatic hydroxyl groups is 1. The number of ether oxygens (including phenoxy) is 1. The Morgan fingerprint density at radius 1 is 1.33 bits per heavy atom. The van der Waals surface area contributed by atoms with E-state index in [2.05, 4.69) is 0 Å². The number of alkyl halides is 4. The van der Waals surface area contributed by atoms with Gasteiger partial charge in [0, 0.05) is 5.92 Å². The van der Waals surface area contributed by atoms with E-state index < -0.39 is 24.4 Å². The average molecular weight is 354 g/mol. The summed E-state index contributed by atoms with van der Waals surface area (Å²) >= 11 is 0. The van der Waals surface area contributed by atoms with Crippen molar-refractivity contribution in [1.29, 1.82) is 0 Å². The van der Waals surface area contributed by atoms with Crippen LogP contribution in [0.3, 0.4) is 0 Å². The third kappa shape index (κ3) is 3.70. The maximum absolute atomic E-state index is 14.5. The van der Waals surface area contributed by atoms with Crippen molar-refractivity contribution in [2.75, 3.05) is 0 Å². The second-order valence-corrected chi connectivity index (χ2v) is 7.33. The number of fused-ring (bicyclic) bond motifs is 1. The third-order valence-electron chi connectivity index (χ3n) is 5.71. The van der Waals surface area contributed by atoms with Crippen LogP contribution in [0.25, 0.3) is 0 Å². The Morgan fingerprint density at radius 3 is 2.58 bits per heavy atom. The summed E-state index contributed by atoms with van der Waals surface area (Å²) in [5.74, 6) is -0.119. The van der Waals surface area contributed by atoms with Crippen LogP contribution in [0.5, 0.6) is 0 Å². The molecule has 1 aliphatic carbocycles. The zero-order valence-electron chi connectivity index (χ0n) is 14.1. The van der Waals surface area contributed by atoms with Crippen molar-refractivity contribution in [2.45, 2.75) is 82.8 Å². The molecule has 24 heavy (non-hydrogen) atoms. The Kier molecular flexibility index (Phi) is 5.83. The highest BCUT2D eigenvalue weighted by atomic mass is 19.4. The van der Waals surface area contributed by atoms with Gasteiger partial charge in [0.05, 0.1) is 12.5 Å². The highest BCUT2D eigenvalue weighted by Gasteiger charge is 2.60. The summed E-state index contributed by atoms with van der Waals surface area (Å²) in [4.78, 5) is 11.4. The minimum Gasteiger partial charge on any atom is -0.462 e. The first-order valence-electron chi connectivity index (χ1n) is 8.73. The van der Waals surface area contributed by atoms with Gasteiger partial charge < -0.3 is 9.84 Å². The molecule has 0 radical (unpaired) electrons. The van der Waals surface area contributed by atoms with Gasteiger partial charge in [-0.25, -0.2) is 4.39 Å². The van der Waals surface area contributed by atoms with Crippen molar-refractivity contribution in [3.63, 3.8) is 0 Å². The first-order chi connectivity index (χ1) is 11.1. The van der Waals surface area contributed by atoms with Crippen molar-refractivity contribution in [2.24, 2.45) is 17.8 Å². The largest absolute Gasteiger partial charge is 0.462 e. The number of rotatable bonds is 7. The maximum Gasteiger partial charge on any atom is 0.425 e. The Morgan fingerprint density at radius 2 is 2.00 bits per heavy atom. The molecule has 0 aromatic carbocycles. The van der Waals surface area contributed by atoms with Crippen molar-refractivity contribution in [3.05, 3.63) is 0 Å². The predicted molar refractivity (Wildman–Crippen MR) is 79.9 cm³/mol. The molecule has 0 amide bonds. The standard InChI is InChI=1S/C17H26F4O3/c1-3-4-7-16(18,17(19,20)21)14(22)6-5-11-10(2)8-13-12(11)9-15(23)24-13/h10-14,22H,3-9H2,1-2H3/t10-,11-,12-,13+,14-,16-/m1/s1. The highest BCUT2D eigenvalue weighted by Crippen LogP contribution is 2.48. The molecule has 0 aromatic heterocycles. The summed E-state index contributed by atoms with van der Waals surface area (Å²) in [6, 6.07) is 0. The summed E-state index contributed by atoms with van der Waals surface area (Å²) < 4.78 is 59.1. The lowest BCUT2D eigenvalue weighted by atomic mass is 9.81. The highest BCUT2D eigenvalue weighted by molar-refractivity contribution is 5.72.